The van der Waals surface area contributed by atoms with Gasteiger partial charge in [-0.05, 0) is 25.5 Å². The number of rotatable bonds is 3. The van der Waals surface area contributed by atoms with Crippen molar-refractivity contribution in [3.8, 4) is 5.75 Å². The lowest BCUT2D eigenvalue weighted by Gasteiger charge is -2.30. The Hall–Kier alpha value is -2.52. The van der Waals surface area contributed by atoms with Crippen LogP contribution in [0.1, 0.15) is 25.3 Å². The first-order chi connectivity index (χ1) is 11.2. The van der Waals surface area contributed by atoms with Crippen LogP contribution in [0.4, 0.5) is 5.69 Å². The Morgan fingerprint density at radius 3 is 2.58 bits per heavy atom. The third-order valence-corrected chi connectivity index (χ3v) is 5.31. The largest absolute Gasteiger partial charge is 0.478 e. The molecule has 24 heavy (non-hydrogen) atoms. The Labute approximate surface area is 138 Å². The van der Waals surface area contributed by atoms with Crippen molar-refractivity contribution >= 4 is 21.5 Å². The molecule has 8 nitrogen and oxygen atoms in total. The lowest BCUT2D eigenvalue weighted by Crippen LogP contribution is -2.31. The molecule has 0 aliphatic carbocycles. The van der Waals surface area contributed by atoms with Gasteiger partial charge in [0.05, 0.1) is 16.4 Å². The summed E-state index contributed by atoms with van der Waals surface area (Å²) in [6, 6.07) is 4.93. The highest BCUT2D eigenvalue weighted by molar-refractivity contribution is 7.94. The van der Waals surface area contributed by atoms with E-state index in [0.717, 1.165) is 6.26 Å². The number of benzene rings is 1. The number of allylic oxidation sites excluding steroid dienone is 3. The number of anilines is 1. The maximum absolute atomic E-state index is 12.4. The molecule has 0 spiro atoms. The Balaban J connectivity index is 2.32. The van der Waals surface area contributed by atoms with Crippen LogP contribution in [0, 0.1) is 0 Å². The molecular weight excluding hydrogens is 336 g/mol. The van der Waals surface area contributed by atoms with E-state index in [4.69, 9.17) is 9.88 Å². The minimum atomic E-state index is -3.67. The van der Waals surface area contributed by atoms with E-state index >= 15 is 0 Å². The molecule has 0 radical (unpaired) electrons. The smallest absolute Gasteiger partial charge is 0.334 e. The SMILES string of the molecule is CC1=C(C(=O)O)C(c2cccc3c2NOO3)C(S(C)(=O)=O)=C(C)N1. The third kappa shape index (κ3) is 2.51. The van der Waals surface area contributed by atoms with Gasteiger partial charge in [0, 0.05) is 17.6 Å². The number of nitrogens with one attached hydrogen (secondary N) is 2. The van der Waals surface area contributed by atoms with Crippen LogP contribution in [0.3, 0.4) is 0 Å². The van der Waals surface area contributed by atoms with E-state index in [9.17, 15) is 18.3 Å². The summed E-state index contributed by atoms with van der Waals surface area (Å²) in [5, 5.41) is 12.5. The highest BCUT2D eigenvalue weighted by Crippen LogP contribution is 2.46. The van der Waals surface area contributed by atoms with Crippen molar-refractivity contribution < 1.29 is 28.2 Å². The van der Waals surface area contributed by atoms with Gasteiger partial charge in [0.25, 0.3) is 0 Å². The van der Waals surface area contributed by atoms with Crippen LogP contribution in [0.25, 0.3) is 0 Å². The number of aliphatic carboxylic acids is 1. The molecule has 128 valence electrons. The van der Waals surface area contributed by atoms with E-state index < -0.39 is 21.7 Å². The zero-order valence-electron chi connectivity index (χ0n) is 13.2. The molecule has 0 saturated carbocycles. The number of para-hydroxylation sites is 1. The molecule has 0 fully saturated rings. The molecule has 0 saturated heterocycles. The van der Waals surface area contributed by atoms with Crippen molar-refractivity contribution in [2.75, 3.05) is 11.7 Å². The summed E-state index contributed by atoms with van der Waals surface area (Å²) < 4.78 is 24.7. The topological polar surface area (TPSA) is 114 Å². The van der Waals surface area contributed by atoms with Crippen LogP contribution in [0.15, 0.2) is 40.1 Å². The third-order valence-electron chi connectivity index (χ3n) is 3.97. The van der Waals surface area contributed by atoms with Crippen molar-refractivity contribution in [3.05, 3.63) is 45.6 Å². The molecule has 2 aliphatic heterocycles. The van der Waals surface area contributed by atoms with E-state index in [1.807, 2.05) is 0 Å². The molecule has 1 aromatic carbocycles. The Morgan fingerprint density at radius 2 is 1.96 bits per heavy atom. The maximum atomic E-state index is 12.4. The van der Waals surface area contributed by atoms with Gasteiger partial charge in [-0.2, -0.15) is 0 Å². The molecule has 1 atom stereocenters. The molecule has 0 amide bonds. The van der Waals surface area contributed by atoms with Gasteiger partial charge < -0.3 is 15.3 Å². The van der Waals surface area contributed by atoms with Gasteiger partial charge in [-0.15, -0.1) is 0 Å². The molecule has 2 heterocycles. The standard InChI is InChI=1S/C15H16N2O6S/c1-7-11(15(18)19)12(14(8(2)16-7)24(3,20)21)9-5-4-6-10-13(9)17-23-22-10/h4-6,12,16-17H,1-3H3,(H,18,19). The zero-order valence-corrected chi connectivity index (χ0v) is 14.0. The van der Waals surface area contributed by atoms with Gasteiger partial charge in [0.15, 0.2) is 15.6 Å². The Morgan fingerprint density at radius 1 is 1.25 bits per heavy atom. The first-order valence-electron chi connectivity index (χ1n) is 7.06. The molecule has 1 unspecified atom stereocenters. The summed E-state index contributed by atoms with van der Waals surface area (Å²) in [6.45, 7) is 3.21. The first-order valence-corrected chi connectivity index (χ1v) is 8.95. The van der Waals surface area contributed by atoms with E-state index in [-0.39, 0.29) is 10.5 Å². The Bertz CT molecular complexity index is 901. The highest BCUT2D eigenvalue weighted by Gasteiger charge is 2.40. The molecule has 9 heteroatoms. The van der Waals surface area contributed by atoms with Crippen LogP contribution >= 0.6 is 0 Å². The molecule has 0 aromatic heterocycles. The molecule has 2 aliphatic rings. The second-order valence-electron chi connectivity index (χ2n) is 5.65. The van der Waals surface area contributed by atoms with Gasteiger partial charge in [-0.1, -0.05) is 17.1 Å². The molecule has 0 bridgehead atoms. The fourth-order valence-corrected chi connectivity index (χ4v) is 4.40. The number of dihydropyridines is 1. The normalized spacial score (nSPS) is 20.2. The van der Waals surface area contributed by atoms with Crippen molar-refractivity contribution in [1.82, 2.24) is 5.32 Å². The van der Waals surface area contributed by atoms with Crippen LogP contribution in [0.5, 0.6) is 5.75 Å². The summed E-state index contributed by atoms with van der Waals surface area (Å²) in [7, 11) is -3.67. The zero-order chi connectivity index (χ0) is 17.6. The summed E-state index contributed by atoms with van der Waals surface area (Å²) >= 11 is 0. The number of fused-ring (bicyclic) bond motifs is 1. The Kier molecular flexibility index (Phi) is 3.77. The average molecular weight is 352 g/mol. The van der Waals surface area contributed by atoms with Gasteiger partial charge >= 0.3 is 5.97 Å². The summed E-state index contributed by atoms with van der Waals surface area (Å²) in [5.74, 6) is -1.82. The maximum Gasteiger partial charge on any atom is 0.334 e. The predicted octanol–water partition coefficient (Wildman–Crippen LogP) is 1.66. The quantitative estimate of drug-likeness (QED) is 0.704. The number of hydrogen-bond donors (Lipinski definition) is 3. The number of carboxylic acids is 1. The van der Waals surface area contributed by atoms with E-state index in [2.05, 4.69) is 10.8 Å². The minimum Gasteiger partial charge on any atom is -0.478 e. The molecule has 3 N–H and O–H groups in total. The van der Waals surface area contributed by atoms with Gasteiger partial charge in [0.2, 0.25) is 0 Å². The summed E-state index contributed by atoms with van der Waals surface area (Å²) in [4.78, 5) is 21.5. The van der Waals surface area contributed by atoms with Crippen LogP contribution in [0.2, 0.25) is 0 Å². The van der Waals surface area contributed by atoms with Crippen molar-refractivity contribution in [1.29, 1.82) is 0 Å². The fraction of sp³-hybridized carbons (Fsp3) is 0.267. The minimum absolute atomic E-state index is 0.00704. The second kappa shape index (κ2) is 5.53. The van der Waals surface area contributed by atoms with Gasteiger partial charge in [0.1, 0.15) is 5.69 Å². The molecular formula is C15H16N2O6S. The first kappa shape index (κ1) is 16.3. The lowest BCUT2D eigenvalue weighted by molar-refractivity contribution is -0.160. The second-order valence-corrected chi connectivity index (χ2v) is 7.64. The fourth-order valence-electron chi connectivity index (χ4n) is 3.12. The van der Waals surface area contributed by atoms with Crippen molar-refractivity contribution in [2.45, 2.75) is 19.8 Å². The number of hydrogen-bond acceptors (Lipinski definition) is 7. The average Bonchev–Trinajstić information content (AvgIpc) is 2.92. The number of carboxylic acid groups (broad SMARTS) is 1. The highest BCUT2D eigenvalue weighted by atomic mass is 32.2. The number of carbonyl (C=O) groups is 1. The van der Waals surface area contributed by atoms with Crippen LogP contribution in [-0.2, 0) is 19.6 Å². The van der Waals surface area contributed by atoms with E-state index in [1.54, 1.807) is 32.0 Å². The van der Waals surface area contributed by atoms with E-state index in [0.29, 0.717) is 28.4 Å². The number of sulfone groups is 1. The monoisotopic (exact) mass is 352 g/mol. The summed E-state index contributed by atoms with van der Waals surface area (Å²) in [6.07, 6.45) is 1.06. The van der Waals surface area contributed by atoms with Gasteiger partial charge in [-0.25, -0.2) is 18.7 Å². The van der Waals surface area contributed by atoms with Crippen molar-refractivity contribution in [2.24, 2.45) is 0 Å². The molecule has 3 rings (SSSR count). The van der Waals surface area contributed by atoms with Crippen molar-refractivity contribution in [3.63, 3.8) is 0 Å². The predicted molar refractivity (Wildman–Crippen MR) is 85.5 cm³/mol. The summed E-state index contributed by atoms with van der Waals surface area (Å²) in [5.41, 5.74) is 4.14. The van der Waals surface area contributed by atoms with E-state index in [1.165, 1.54) is 0 Å². The van der Waals surface area contributed by atoms with Gasteiger partial charge in [-0.3, -0.25) is 0 Å². The van der Waals surface area contributed by atoms with Crippen LogP contribution < -0.4 is 15.7 Å². The lowest BCUT2D eigenvalue weighted by atomic mass is 9.85. The van der Waals surface area contributed by atoms with Crippen LogP contribution in [-0.4, -0.2) is 25.7 Å². The molecule has 1 aromatic rings.